The monoisotopic (exact) mass is 365 g/mol. The molecule has 0 atom stereocenters. The van der Waals surface area contributed by atoms with Gasteiger partial charge in [-0.05, 0) is 42.3 Å². The molecule has 1 aromatic heterocycles. The summed E-state index contributed by atoms with van der Waals surface area (Å²) in [4.78, 5) is 16.6. The van der Waals surface area contributed by atoms with E-state index in [0.29, 0.717) is 30.0 Å². The van der Waals surface area contributed by atoms with Crippen LogP contribution in [0.15, 0.2) is 66.9 Å². The van der Waals surface area contributed by atoms with Crippen LogP contribution >= 0.6 is 0 Å². The first kappa shape index (κ1) is 18.4. The highest BCUT2D eigenvalue weighted by molar-refractivity contribution is 6.04. The van der Waals surface area contributed by atoms with E-state index in [0.717, 1.165) is 5.69 Å². The summed E-state index contributed by atoms with van der Waals surface area (Å²) in [5, 5.41) is 5.98. The molecule has 0 aliphatic heterocycles. The van der Waals surface area contributed by atoms with Crippen molar-refractivity contribution in [3.05, 3.63) is 83.9 Å². The van der Waals surface area contributed by atoms with Gasteiger partial charge in [0.05, 0.1) is 12.8 Å². The molecule has 27 heavy (non-hydrogen) atoms. The van der Waals surface area contributed by atoms with E-state index in [-0.39, 0.29) is 17.4 Å². The number of halogens is 1. The van der Waals surface area contributed by atoms with E-state index in [1.165, 1.54) is 6.07 Å². The number of methoxy groups -OCH3 is 1. The maximum atomic E-state index is 13.7. The third-order valence-electron chi connectivity index (χ3n) is 4.03. The molecule has 3 rings (SSSR count). The maximum absolute atomic E-state index is 13.7. The smallest absolute Gasteiger partial charge is 0.274 e. The van der Waals surface area contributed by atoms with E-state index >= 15 is 0 Å². The predicted octanol–water partition coefficient (Wildman–Crippen LogP) is 4.14. The van der Waals surface area contributed by atoms with Crippen LogP contribution in [-0.2, 0) is 6.42 Å². The Balaban J connectivity index is 1.63. The number of rotatable bonds is 7. The van der Waals surface area contributed by atoms with Crippen LogP contribution in [0.4, 0.5) is 15.8 Å². The molecule has 0 aliphatic carbocycles. The highest BCUT2D eigenvalue weighted by atomic mass is 19.1. The number of hydrogen-bond acceptors (Lipinski definition) is 4. The zero-order valence-electron chi connectivity index (χ0n) is 14.9. The second-order valence-electron chi connectivity index (χ2n) is 5.85. The lowest BCUT2D eigenvalue weighted by molar-refractivity contribution is 0.102. The molecule has 0 radical (unpaired) electrons. The number of anilines is 2. The summed E-state index contributed by atoms with van der Waals surface area (Å²) >= 11 is 0. The summed E-state index contributed by atoms with van der Waals surface area (Å²) in [5.74, 6) is 0.0215. The first-order valence-electron chi connectivity index (χ1n) is 8.55. The Labute approximate surface area is 157 Å². The minimum absolute atomic E-state index is 0.217. The van der Waals surface area contributed by atoms with Crippen molar-refractivity contribution in [2.24, 2.45) is 0 Å². The number of pyridine rings is 1. The third kappa shape index (κ3) is 4.82. The molecule has 1 heterocycles. The highest BCUT2D eigenvalue weighted by Gasteiger charge is 2.11. The summed E-state index contributed by atoms with van der Waals surface area (Å²) in [5.41, 5.74) is 2.24. The SMILES string of the molecule is COc1ccccc1NC(=O)c1cc(NCCc2ccccc2F)ccn1. The lowest BCUT2D eigenvalue weighted by Crippen LogP contribution is -2.15. The fourth-order valence-corrected chi connectivity index (χ4v) is 2.64. The van der Waals surface area contributed by atoms with Gasteiger partial charge in [0.25, 0.3) is 5.91 Å². The van der Waals surface area contributed by atoms with Crippen LogP contribution in [0.5, 0.6) is 5.75 Å². The van der Waals surface area contributed by atoms with Gasteiger partial charge < -0.3 is 15.4 Å². The van der Waals surface area contributed by atoms with Gasteiger partial charge in [-0.1, -0.05) is 30.3 Å². The molecule has 0 fully saturated rings. The van der Waals surface area contributed by atoms with Crippen LogP contribution in [0.3, 0.4) is 0 Å². The summed E-state index contributed by atoms with van der Waals surface area (Å²) < 4.78 is 18.9. The lowest BCUT2D eigenvalue weighted by atomic mass is 10.1. The van der Waals surface area contributed by atoms with Gasteiger partial charge >= 0.3 is 0 Å². The molecule has 0 unspecified atom stereocenters. The maximum Gasteiger partial charge on any atom is 0.274 e. The van der Waals surface area contributed by atoms with Crippen molar-refractivity contribution >= 4 is 17.3 Å². The molecular formula is C21H20FN3O2. The average molecular weight is 365 g/mol. The molecule has 6 heteroatoms. The van der Waals surface area contributed by atoms with Crippen LogP contribution in [0.1, 0.15) is 16.1 Å². The molecule has 0 aliphatic rings. The number of hydrogen-bond donors (Lipinski definition) is 2. The molecule has 1 amide bonds. The third-order valence-corrected chi connectivity index (χ3v) is 4.03. The van der Waals surface area contributed by atoms with Crippen molar-refractivity contribution < 1.29 is 13.9 Å². The Bertz CT molecular complexity index is 931. The normalized spacial score (nSPS) is 10.3. The van der Waals surface area contributed by atoms with Gasteiger partial charge in [-0.2, -0.15) is 0 Å². The number of nitrogens with one attached hydrogen (secondary N) is 2. The second-order valence-corrected chi connectivity index (χ2v) is 5.85. The van der Waals surface area contributed by atoms with Crippen molar-refractivity contribution in [1.29, 1.82) is 0 Å². The molecule has 3 aromatic rings. The first-order chi connectivity index (χ1) is 13.2. The predicted molar refractivity (Wildman–Crippen MR) is 104 cm³/mol. The van der Waals surface area contributed by atoms with Crippen molar-refractivity contribution in [2.45, 2.75) is 6.42 Å². The first-order valence-corrected chi connectivity index (χ1v) is 8.55. The lowest BCUT2D eigenvalue weighted by Gasteiger charge is -2.11. The Morgan fingerprint density at radius 3 is 2.70 bits per heavy atom. The topological polar surface area (TPSA) is 63.2 Å². The van der Waals surface area contributed by atoms with Crippen molar-refractivity contribution in [3.63, 3.8) is 0 Å². The Morgan fingerprint density at radius 1 is 1.11 bits per heavy atom. The van der Waals surface area contributed by atoms with Gasteiger partial charge in [-0.25, -0.2) is 4.39 Å². The zero-order valence-corrected chi connectivity index (χ0v) is 14.9. The molecule has 2 aromatic carbocycles. The molecule has 0 bridgehead atoms. The van der Waals surface area contributed by atoms with Gasteiger partial charge in [-0.15, -0.1) is 0 Å². The van der Waals surface area contributed by atoms with Gasteiger partial charge in [0.1, 0.15) is 17.3 Å². The molecule has 5 nitrogen and oxygen atoms in total. The van der Waals surface area contributed by atoms with E-state index in [4.69, 9.17) is 4.74 Å². The molecule has 0 saturated heterocycles. The number of nitrogens with zero attached hydrogens (tertiary/aromatic N) is 1. The average Bonchev–Trinajstić information content (AvgIpc) is 2.70. The number of carbonyl (C=O) groups excluding carboxylic acids is 1. The number of amides is 1. The zero-order chi connectivity index (χ0) is 19.1. The van der Waals surface area contributed by atoms with E-state index in [2.05, 4.69) is 15.6 Å². The van der Waals surface area contributed by atoms with Crippen LogP contribution in [0.2, 0.25) is 0 Å². The van der Waals surface area contributed by atoms with Crippen molar-refractivity contribution in [1.82, 2.24) is 4.98 Å². The fraction of sp³-hybridized carbons (Fsp3) is 0.143. The van der Waals surface area contributed by atoms with Gasteiger partial charge in [0.2, 0.25) is 0 Å². The van der Waals surface area contributed by atoms with Gasteiger partial charge in [-0.3, -0.25) is 9.78 Å². The van der Waals surface area contributed by atoms with E-state index in [1.54, 1.807) is 49.7 Å². The highest BCUT2D eigenvalue weighted by Crippen LogP contribution is 2.23. The second kappa shape index (κ2) is 8.80. The fourth-order valence-electron chi connectivity index (χ4n) is 2.64. The summed E-state index contributed by atoms with van der Waals surface area (Å²) in [7, 11) is 1.54. The molecule has 2 N–H and O–H groups in total. The van der Waals surface area contributed by atoms with E-state index in [1.807, 2.05) is 18.2 Å². The minimum atomic E-state index is -0.336. The summed E-state index contributed by atoms with van der Waals surface area (Å²) in [6.45, 7) is 0.540. The van der Waals surface area contributed by atoms with E-state index in [9.17, 15) is 9.18 Å². The van der Waals surface area contributed by atoms with Gasteiger partial charge in [0, 0.05) is 18.4 Å². The Morgan fingerprint density at radius 2 is 1.89 bits per heavy atom. The quantitative estimate of drug-likeness (QED) is 0.661. The largest absolute Gasteiger partial charge is 0.495 e. The van der Waals surface area contributed by atoms with Crippen LogP contribution in [0.25, 0.3) is 0 Å². The summed E-state index contributed by atoms with van der Waals surface area (Å²) in [6.07, 6.45) is 2.10. The van der Waals surface area contributed by atoms with E-state index < -0.39 is 0 Å². The standard InChI is InChI=1S/C21H20FN3O2/c1-27-20-9-5-4-8-18(20)25-21(26)19-14-16(11-13-24-19)23-12-10-15-6-2-3-7-17(15)22/h2-9,11,13-14H,10,12H2,1H3,(H,23,24)(H,25,26). The van der Waals surface area contributed by atoms with Crippen LogP contribution in [-0.4, -0.2) is 24.5 Å². The number of para-hydroxylation sites is 2. The Hall–Kier alpha value is -3.41. The van der Waals surface area contributed by atoms with Crippen molar-refractivity contribution in [2.75, 3.05) is 24.3 Å². The number of aromatic nitrogens is 1. The van der Waals surface area contributed by atoms with Crippen molar-refractivity contribution in [3.8, 4) is 5.75 Å². The molecule has 0 spiro atoms. The molecule has 0 saturated carbocycles. The van der Waals surface area contributed by atoms with Crippen LogP contribution in [0, 0.1) is 5.82 Å². The Kier molecular flexibility index (Phi) is 5.99. The van der Waals surface area contributed by atoms with Gasteiger partial charge in [0.15, 0.2) is 0 Å². The van der Waals surface area contributed by atoms with Crippen LogP contribution < -0.4 is 15.4 Å². The number of carbonyl (C=O) groups is 1. The minimum Gasteiger partial charge on any atom is -0.495 e. The number of ether oxygens (including phenoxy) is 1. The molecular weight excluding hydrogens is 345 g/mol. The summed E-state index contributed by atoms with van der Waals surface area (Å²) in [6, 6.07) is 17.3. The number of benzene rings is 2. The molecule has 138 valence electrons.